The summed E-state index contributed by atoms with van der Waals surface area (Å²) < 4.78 is 33.3. The highest BCUT2D eigenvalue weighted by Gasteiger charge is 2.73. The van der Waals surface area contributed by atoms with Gasteiger partial charge >= 0.3 is 11.9 Å². The van der Waals surface area contributed by atoms with E-state index in [-0.39, 0.29) is 80.8 Å². The van der Waals surface area contributed by atoms with Gasteiger partial charge in [0.05, 0.1) is 82.3 Å². The highest BCUT2D eigenvalue weighted by molar-refractivity contribution is 9.09. The van der Waals surface area contributed by atoms with E-state index in [1.54, 1.807) is 19.1 Å². The minimum Gasteiger partial charge on any atom is -0.481 e. The monoisotopic (exact) mass is 1190 g/mol. The van der Waals surface area contributed by atoms with Crippen LogP contribution < -0.4 is 31.9 Å². The Balaban J connectivity index is 1.41. The van der Waals surface area contributed by atoms with Gasteiger partial charge in [-0.2, -0.15) is 0 Å². The molecule has 78 heavy (non-hydrogen) atoms. The molecule has 3 saturated carbocycles. The molecule has 0 radical (unpaired) electrons. The molecule has 0 aliphatic heterocycles. The van der Waals surface area contributed by atoms with Crippen molar-refractivity contribution in [1.82, 2.24) is 31.9 Å². The highest BCUT2D eigenvalue weighted by Crippen LogP contribution is 2.68. The minimum absolute atomic E-state index is 0.0185. The number of alkyl halides is 2. The Bertz CT molecular complexity index is 2140. The van der Waals surface area contributed by atoms with E-state index in [1.165, 1.54) is 13.0 Å². The summed E-state index contributed by atoms with van der Waals surface area (Å²) >= 11 is 10.4. The summed E-state index contributed by atoms with van der Waals surface area (Å²) in [5, 5.41) is 35.9. The Kier molecular flexibility index (Phi) is 29.6. The summed E-state index contributed by atoms with van der Waals surface area (Å²) in [6, 6.07) is -2.68. The molecule has 6 amide bonds. The lowest BCUT2D eigenvalue weighted by molar-refractivity contribution is -0.201. The number of fused-ring (bicyclic) bond motifs is 3. The van der Waals surface area contributed by atoms with Crippen molar-refractivity contribution in [3.63, 3.8) is 0 Å². The van der Waals surface area contributed by atoms with Crippen LogP contribution in [0, 0.1) is 23.2 Å². The highest BCUT2D eigenvalue weighted by atomic mass is 79.9. The van der Waals surface area contributed by atoms with Crippen molar-refractivity contribution >= 4 is 86.5 Å². The van der Waals surface area contributed by atoms with Crippen LogP contribution in [0.15, 0.2) is 23.8 Å². The second kappa shape index (κ2) is 34.3. The number of aliphatic hydroxyl groups is 1. The molecule has 0 heterocycles. The molecule has 0 aromatic heterocycles. The molecule has 0 aromatic rings. The predicted molar refractivity (Wildman–Crippen MR) is 285 cm³/mol. The van der Waals surface area contributed by atoms with E-state index in [0.29, 0.717) is 65.3 Å². The van der Waals surface area contributed by atoms with Gasteiger partial charge in [0.15, 0.2) is 11.4 Å². The van der Waals surface area contributed by atoms with E-state index < -0.39 is 120 Å². The Hall–Kier alpha value is -4.89. The van der Waals surface area contributed by atoms with Crippen molar-refractivity contribution in [2.45, 2.75) is 127 Å². The van der Waals surface area contributed by atoms with E-state index in [9.17, 15) is 58.2 Å². The number of carbonyl (C=O) groups excluding carboxylic acids is 9. The largest absolute Gasteiger partial charge is 0.481 e. The van der Waals surface area contributed by atoms with Gasteiger partial charge in [-0.15, -0.1) is 11.6 Å². The van der Waals surface area contributed by atoms with Gasteiger partial charge < -0.3 is 70.5 Å². The first-order chi connectivity index (χ1) is 37.1. The number of halogens is 2. The van der Waals surface area contributed by atoms with Crippen LogP contribution in [0.4, 0.5) is 0 Å². The summed E-state index contributed by atoms with van der Waals surface area (Å²) in [7, 11) is 0. The average molecular weight is 1190 g/mol. The molecule has 26 heteroatoms. The molecule has 3 rings (SSSR count). The summed E-state index contributed by atoms with van der Waals surface area (Å²) in [6.07, 6.45) is 5.39. The number of aliphatic hydroxyl groups excluding tert-OH is 1. The maximum absolute atomic E-state index is 14.4. The molecule has 0 saturated heterocycles. The van der Waals surface area contributed by atoms with Gasteiger partial charge in [0.2, 0.25) is 41.2 Å². The summed E-state index contributed by atoms with van der Waals surface area (Å²) in [6.45, 7) is 8.89. The maximum atomic E-state index is 14.4. The zero-order chi connectivity index (χ0) is 57.9. The second-order valence-corrected chi connectivity index (χ2v) is 20.9. The summed E-state index contributed by atoms with van der Waals surface area (Å²) in [5.41, 5.74) is -1.92. The van der Waals surface area contributed by atoms with Crippen LogP contribution in [0.2, 0.25) is 0 Å². The summed E-state index contributed by atoms with van der Waals surface area (Å²) in [5.74, 6) is -7.51. The third kappa shape index (κ3) is 20.6. The number of ketones is 2. The van der Waals surface area contributed by atoms with E-state index in [4.69, 9.17) is 40.0 Å². The molecule has 9 atom stereocenters. The van der Waals surface area contributed by atoms with E-state index in [1.807, 2.05) is 20.8 Å². The Labute approximate surface area is 468 Å². The first-order valence-electron chi connectivity index (χ1n) is 26.4. The van der Waals surface area contributed by atoms with Gasteiger partial charge in [0.1, 0.15) is 25.4 Å². The lowest BCUT2D eigenvalue weighted by Crippen LogP contribution is -2.66. The molecular weight excluding hydrogens is 1110 g/mol. The zero-order valence-corrected chi connectivity index (χ0v) is 47.7. The third-order valence-electron chi connectivity index (χ3n) is 14.2. The van der Waals surface area contributed by atoms with Gasteiger partial charge in [0, 0.05) is 37.1 Å². The molecule has 3 aliphatic rings. The van der Waals surface area contributed by atoms with Gasteiger partial charge in [0.25, 0.3) is 0 Å². The van der Waals surface area contributed by atoms with Crippen molar-refractivity contribution in [1.29, 1.82) is 0 Å². The minimum atomic E-state index is -1.70. The van der Waals surface area contributed by atoms with E-state index in [2.05, 4.69) is 47.8 Å². The van der Waals surface area contributed by atoms with Gasteiger partial charge in [-0.1, -0.05) is 55.3 Å². The van der Waals surface area contributed by atoms with Crippen LogP contribution in [0.5, 0.6) is 0 Å². The topological polar surface area (TPSA) is 339 Å². The van der Waals surface area contributed by atoms with Crippen molar-refractivity contribution < 1.29 is 86.6 Å². The van der Waals surface area contributed by atoms with Crippen LogP contribution in [0.25, 0.3) is 0 Å². The number of carbonyl (C=O) groups is 10. The maximum Gasteiger partial charge on any atom is 0.306 e. The fraction of sp³-hybridized carbons (Fsp3) is 0.731. The second-order valence-electron chi connectivity index (χ2n) is 19.7. The van der Waals surface area contributed by atoms with Crippen molar-refractivity contribution in [2.24, 2.45) is 23.2 Å². The normalized spacial score (nSPS) is 24.7. The molecule has 0 aromatic carbocycles. The van der Waals surface area contributed by atoms with E-state index >= 15 is 0 Å². The average Bonchev–Trinajstić information content (AvgIpc) is 3.82. The smallest absolute Gasteiger partial charge is 0.306 e. The number of rotatable bonds is 37. The van der Waals surface area contributed by atoms with Crippen LogP contribution in [-0.2, 0) is 76.4 Å². The number of hydrogen-bond acceptors (Lipinski definition) is 17. The molecule has 1 unspecified atom stereocenters. The number of allylic oxidation sites excluding steroid dienone is 4. The molecule has 3 fully saturated rings. The molecule has 0 spiro atoms. The number of aliphatic carboxylic acids is 1. The lowest BCUT2D eigenvalue weighted by Gasteiger charge is -2.58. The zero-order valence-electron chi connectivity index (χ0n) is 45.3. The molecule has 440 valence electrons. The van der Waals surface area contributed by atoms with Crippen molar-refractivity contribution in [2.75, 3.05) is 91.2 Å². The molecule has 0 bridgehead atoms. The van der Waals surface area contributed by atoms with Crippen molar-refractivity contribution in [3.8, 4) is 0 Å². The number of ether oxygens (including phenoxy) is 6. The third-order valence-corrected chi connectivity index (χ3v) is 15.3. The number of nitrogens with one attached hydrogen (secondary N) is 6. The Morgan fingerprint density at radius 2 is 1.42 bits per heavy atom. The predicted octanol–water partition coefficient (Wildman–Crippen LogP) is 1.06. The summed E-state index contributed by atoms with van der Waals surface area (Å²) in [4.78, 5) is 125. The Morgan fingerprint density at radius 1 is 0.782 bits per heavy atom. The first kappa shape index (κ1) is 67.4. The molecular formula is C52H80BrClN6O18. The van der Waals surface area contributed by atoms with Gasteiger partial charge in [-0.3, -0.25) is 47.9 Å². The number of amides is 6. The van der Waals surface area contributed by atoms with Crippen LogP contribution in [0.3, 0.4) is 0 Å². The molecule has 24 nitrogen and oxygen atoms in total. The lowest BCUT2D eigenvalue weighted by atomic mass is 9.51. The molecule has 3 aliphatic carbocycles. The van der Waals surface area contributed by atoms with Gasteiger partial charge in [-0.05, 0) is 75.9 Å². The number of Topliss-reactive ketones (excluding diaryl/α,β-unsaturated/α-hetero) is 1. The SMILES string of the molecule is CC/C=C\C(=O)/C=C1/CC[C@H]2C3C[C@H](C)[C@](OC(=O)CC)(C(=O)COCNC(=O)CNC(=O)[C@H](C)NC(=O)[C@H](CCC(=O)O)NC(=O)CNC(=O)CCOCCOCCOCCOCCNC(=O)CBr)[C@@]3(C)C[C@H](O)[C@]2(Cl)C1. The van der Waals surface area contributed by atoms with Gasteiger partial charge in [-0.25, -0.2) is 0 Å². The number of hydrogen-bond donors (Lipinski definition) is 8. The molecule has 8 N–H and O–H groups in total. The fourth-order valence-electron chi connectivity index (χ4n) is 10.3. The van der Waals surface area contributed by atoms with Crippen LogP contribution in [-0.4, -0.2) is 189 Å². The fourth-order valence-corrected chi connectivity index (χ4v) is 11.0. The quantitative estimate of drug-likeness (QED) is 0.0142. The number of carboxylic acid groups (broad SMARTS) is 1. The van der Waals surface area contributed by atoms with Crippen molar-refractivity contribution in [3.05, 3.63) is 23.8 Å². The van der Waals surface area contributed by atoms with E-state index in [0.717, 1.165) is 5.57 Å². The number of esters is 1. The standard InChI is InChI=1S/C52H80BrClN6O18/c1-6-8-9-36(61)25-35-10-11-37-38-24-33(3)52(78-47(70)7-2,50(38,5)27-40(62)51(37,54)26-35)41(63)31-77-32-58-44(66)29-57-48(71)34(4)59-49(72)39(12-13-46(68)69)60-45(67)30-56-42(64)14-16-73-18-20-75-22-23-76-21-19-74-17-15-55-43(65)28-53/h8-9,25,33-34,37-40,62H,6-7,10-24,26-32H2,1-5H3,(H,55,65)(H,56,64)(H,57,71)(H,58,66)(H,59,72)(H,60,67)(H,68,69)/b9-8-,35-25-/t33-,34-,37-,38?,39-,40-,50-,51-,52-/m0/s1. The Morgan fingerprint density at radius 3 is 2.05 bits per heavy atom. The van der Waals surface area contributed by atoms with Crippen LogP contribution >= 0.6 is 27.5 Å². The number of carboxylic acids is 1. The van der Waals surface area contributed by atoms with Crippen LogP contribution in [0.1, 0.15) is 98.8 Å². The first-order valence-corrected chi connectivity index (χ1v) is 27.9.